The molecule has 3 aromatic heterocycles. The Morgan fingerprint density at radius 1 is 1.09 bits per heavy atom. The lowest BCUT2D eigenvalue weighted by Gasteiger charge is -2.09. The number of benzene rings is 1. The Balaban J connectivity index is 1.45. The molecule has 0 bridgehead atoms. The molecule has 0 aliphatic rings. The van der Waals surface area contributed by atoms with E-state index in [1.54, 1.807) is 36.9 Å². The van der Waals surface area contributed by atoms with Crippen molar-refractivity contribution < 1.29 is 19.0 Å². The highest BCUT2D eigenvalue weighted by atomic mass is 32.1. The number of thiazole rings is 1. The van der Waals surface area contributed by atoms with E-state index < -0.39 is 0 Å². The molecule has 0 aliphatic carbocycles. The zero-order valence-corrected chi connectivity index (χ0v) is 18.9. The first-order chi connectivity index (χ1) is 15.5. The van der Waals surface area contributed by atoms with Crippen LogP contribution in [0.2, 0.25) is 0 Å². The van der Waals surface area contributed by atoms with Crippen LogP contribution in [0.5, 0.6) is 17.4 Å². The quantitative estimate of drug-likeness (QED) is 0.405. The van der Waals surface area contributed by atoms with Crippen LogP contribution in [-0.2, 0) is 0 Å². The number of aryl methyl sites for hydroxylation is 2. The summed E-state index contributed by atoms with van der Waals surface area (Å²) in [6.45, 7) is 4.29. The minimum absolute atomic E-state index is 0.158. The second-order valence-corrected chi connectivity index (χ2v) is 7.99. The van der Waals surface area contributed by atoms with Crippen LogP contribution in [0.4, 0.5) is 0 Å². The van der Waals surface area contributed by atoms with Crippen molar-refractivity contribution in [3.05, 3.63) is 45.9 Å². The smallest absolute Gasteiger partial charge is 0.263 e. The fourth-order valence-electron chi connectivity index (χ4n) is 3.15. The lowest BCUT2D eigenvalue weighted by molar-refractivity contribution is 0.0949. The van der Waals surface area contributed by atoms with Crippen LogP contribution in [0, 0.1) is 13.8 Å². The van der Waals surface area contributed by atoms with Crippen molar-refractivity contribution in [2.45, 2.75) is 13.8 Å². The second-order valence-electron chi connectivity index (χ2n) is 6.79. The molecule has 0 aliphatic heterocycles. The van der Waals surface area contributed by atoms with Crippen molar-refractivity contribution >= 4 is 22.9 Å². The number of nitrogens with one attached hydrogen (secondary N) is 1. The highest BCUT2D eigenvalue weighted by Gasteiger charge is 2.15. The van der Waals surface area contributed by atoms with Crippen LogP contribution in [0.15, 0.2) is 30.3 Å². The van der Waals surface area contributed by atoms with Gasteiger partial charge in [0.05, 0.1) is 31.5 Å². The summed E-state index contributed by atoms with van der Waals surface area (Å²) in [6, 6.07) is 8.93. The molecule has 11 heteroatoms. The van der Waals surface area contributed by atoms with Gasteiger partial charge in [-0.3, -0.25) is 4.79 Å². The number of nitrogens with zero attached hydrogens (tertiary/aromatic N) is 5. The SMILES string of the molecule is COc1ccc(-c2nnc3ccc(OCCNC(=O)c4sc(C)nc4C)nn23)cc1OC. The van der Waals surface area contributed by atoms with Gasteiger partial charge in [0.25, 0.3) is 5.91 Å². The standard InChI is InChI=1S/C21H22N6O4S/c1-12-19(32-13(2)23-12)21(28)22-9-10-31-18-8-7-17-24-25-20(27(17)26-18)14-5-6-15(29-3)16(11-14)30-4/h5-8,11H,9-10H2,1-4H3,(H,22,28). The minimum Gasteiger partial charge on any atom is -0.493 e. The molecule has 1 aromatic carbocycles. The normalized spacial score (nSPS) is 10.9. The van der Waals surface area contributed by atoms with Crippen LogP contribution in [0.1, 0.15) is 20.4 Å². The van der Waals surface area contributed by atoms with Crippen LogP contribution in [0.25, 0.3) is 17.0 Å². The van der Waals surface area contributed by atoms with Gasteiger partial charge < -0.3 is 19.5 Å². The third kappa shape index (κ3) is 4.33. The summed E-state index contributed by atoms with van der Waals surface area (Å²) in [5.41, 5.74) is 2.07. The lowest BCUT2D eigenvalue weighted by Crippen LogP contribution is -2.28. The summed E-state index contributed by atoms with van der Waals surface area (Å²) in [4.78, 5) is 17.2. The first kappa shape index (κ1) is 21.5. The number of methoxy groups -OCH3 is 2. The molecular weight excluding hydrogens is 432 g/mol. The van der Waals surface area contributed by atoms with Gasteiger partial charge in [-0.2, -0.15) is 4.52 Å². The molecule has 0 radical (unpaired) electrons. The Bertz CT molecular complexity index is 1270. The number of carbonyl (C=O) groups is 1. The van der Waals surface area contributed by atoms with Gasteiger partial charge in [-0.15, -0.1) is 26.6 Å². The van der Waals surface area contributed by atoms with Crippen molar-refractivity contribution in [1.82, 2.24) is 30.1 Å². The summed E-state index contributed by atoms with van der Waals surface area (Å²) in [5.74, 6) is 1.97. The van der Waals surface area contributed by atoms with Gasteiger partial charge >= 0.3 is 0 Å². The number of fused-ring (bicyclic) bond motifs is 1. The molecule has 4 aromatic rings. The number of aromatic nitrogens is 5. The molecule has 1 N–H and O–H groups in total. The maximum atomic E-state index is 12.3. The molecule has 0 atom stereocenters. The topological polar surface area (TPSA) is 113 Å². The van der Waals surface area contributed by atoms with E-state index in [0.717, 1.165) is 16.3 Å². The Morgan fingerprint density at radius 2 is 1.91 bits per heavy atom. The van der Waals surface area contributed by atoms with E-state index in [-0.39, 0.29) is 12.5 Å². The predicted octanol–water partition coefficient (Wildman–Crippen LogP) is 2.69. The van der Waals surface area contributed by atoms with Gasteiger partial charge in [0, 0.05) is 11.6 Å². The Hall–Kier alpha value is -3.73. The molecule has 1 amide bonds. The molecule has 10 nitrogen and oxygen atoms in total. The van der Waals surface area contributed by atoms with Crippen molar-refractivity contribution in [1.29, 1.82) is 0 Å². The molecule has 0 saturated carbocycles. The lowest BCUT2D eigenvalue weighted by atomic mass is 10.2. The van der Waals surface area contributed by atoms with Crippen LogP contribution < -0.4 is 19.5 Å². The molecule has 0 fully saturated rings. The predicted molar refractivity (Wildman–Crippen MR) is 119 cm³/mol. The van der Waals surface area contributed by atoms with Crippen LogP contribution in [0.3, 0.4) is 0 Å². The van der Waals surface area contributed by atoms with E-state index >= 15 is 0 Å². The van der Waals surface area contributed by atoms with Crippen molar-refractivity contribution in [2.24, 2.45) is 0 Å². The fraction of sp³-hybridized carbons (Fsp3) is 0.286. The van der Waals surface area contributed by atoms with E-state index in [9.17, 15) is 4.79 Å². The number of hydrogen-bond acceptors (Lipinski definition) is 9. The minimum atomic E-state index is -0.158. The number of amides is 1. The molecular formula is C21H22N6O4S. The highest BCUT2D eigenvalue weighted by molar-refractivity contribution is 7.13. The average molecular weight is 455 g/mol. The van der Waals surface area contributed by atoms with Gasteiger partial charge in [0.1, 0.15) is 11.5 Å². The van der Waals surface area contributed by atoms with E-state index in [1.165, 1.54) is 11.3 Å². The zero-order valence-electron chi connectivity index (χ0n) is 18.1. The van der Waals surface area contributed by atoms with Gasteiger partial charge in [-0.1, -0.05) is 0 Å². The fourth-order valence-corrected chi connectivity index (χ4v) is 3.98. The monoisotopic (exact) mass is 454 g/mol. The molecule has 166 valence electrons. The summed E-state index contributed by atoms with van der Waals surface area (Å²) >= 11 is 1.37. The van der Waals surface area contributed by atoms with E-state index in [2.05, 4.69) is 25.6 Å². The molecule has 4 rings (SSSR count). The Labute approximate surface area is 188 Å². The zero-order chi connectivity index (χ0) is 22.7. The van der Waals surface area contributed by atoms with E-state index in [4.69, 9.17) is 14.2 Å². The summed E-state index contributed by atoms with van der Waals surface area (Å²) < 4.78 is 18.0. The number of hydrogen-bond donors (Lipinski definition) is 1. The number of ether oxygens (including phenoxy) is 3. The van der Waals surface area contributed by atoms with Gasteiger partial charge in [-0.25, -0.2) is 4.98 Å². The average Bonchev–Trinajstić information content (AvgIpc) is 3.38. The maximum absolute atomic E-state index is 12.3. The summed E-state index contributed by atoms with van der Waals surface area (Å²) in [5, 5.41) is 16.6. The third-order valence-corrected chi connectivity index (χ3v) is 5.70. The molecule has 0 unspecified atom stereocenters. The van der Waals surface area contributed by atoms with E-state index in [1.807, 2.05) is 26.0 Å². The molecule has 0 spiro atoms. The largest absolute Gasteiger partial charge is 0.493 e. The molecule has 0 saturated heterocycles. The van der Waals surface area contributed by atoms with Crippen molar-refractivity contribution in [2.75, 3.05) is 27.4 Å². The van der Waals surface area contributed by atoms with Crippen LogP contribution >= 0.6 is 11.3 Å². The maximum Gasteiger partial charge on any atom is 0.263 e. The van der Waals surface area contributed by atoms with Crippen molar-refractivity contribution in [3.63, 3.8) is 0 Å². The summed E-state index contributed by atoms with van der Waals surface area (Å²) in [7, 11) is 3.15. The van der Waals surface area contributed by atoms with Gasteiger partial charge in [-0.05, 0) is 38.1 Å². The Morgan fingerprint density at radius 3 is 2.62 bits per heavy atom. The number of carbonyl (C=O) groups excluding carboxylic acids is 1. The summed E-state index contributed by atoms with van der Waals surface area (Å²) in [6.07, 6.45) is 0. The Kier molecular flexibility index (Phi) is 6.17. The van der Waals surface area contributed by atoms with Crippen LogP contribution in [-0.4, -0.2) is 58.1 Å². The van der Waals surface area contributed by atoms with Gasteiger partial charge in [0.2, 0.25) is 5.88 Å². The second kappa shape index (κ2) is 9.18. The molecule has 3 heterocycles. The third-order valence-electron chi connectivity index (χ3n) is 4.63. The van der Waals surface area contributed by atoms with E-state index in [0.29, 0.717) is 40.3 Å². The van der Waals surface area contributed by atoms with Gasteiger partial charge in [0.15, 0.2) is 23.0 Å². The number of rotatable bonds is 8. The highest BCUT2D eigenvalue weighted by Crippen LogP contribution is 2.31. The molecule has 32 heavy (non-hydrogen) atoms. The first-order valence-electron chi connectivity index (χ1n) is 9.80. The van der Waals surface area contributed by atoms with Crippen molar-refractivity contribution in [3.8, 4) is 28.8 Å². The first-order valence-corrected chi connectivity index (χ1v) is 10.6.